The second-order valence-corrected chi connectivity index (χ2v) is 3.14. The Kier molecular flexibility index (Phi) is 3.56. The minimum atomic E-state index is 0.834. The molecule has 0 radical (unpaired) electrons. The van der Waals surface area contributed by atoms with Crippen LogP contribution < -0.4 is 11.3 Å². The van der Waals surface area contributed by atoms with E-state index in [0.717, 1.165) is 17.4 Å². The molecule has 0 bridgehead atoms. The second-order valence-electron chi connectivity index (χ2n) is 2.58. The van der Waals surface area contributed by atoms with E-state index >= 15 is 0 Å². The van der Waals surface area contributed by atoms with Crippen molar-refractivity contribution in [2.45, 2.75) is 18.7 Å². The lowest BCUT2D eigenvalue weighted by molar-refractivity contribution is 1.12. The zero-order valence-electron chi connectivity index (χ0n) is 7.10. The van der Waals surface area contributed by atoms with Crippen molar-refractivity contribution in [3.05, 3.63) is 29.3 Å². The van der Waals surface area contributed by atoms with Crippen molar-refractivity contribution in [1.82, 2.24) is 0 Å². The summed E-state index contributed by atoms with van der Waals surface area (Å²) in [4.78, 5) is 0. The van der Waals surface area contributed by atoms with Crippen LogP contribution in [0.1, 0.15) is 18.1 Å². The van der Waals surface area contributed by atoms with Crippen molar-refractivity contribution in [2.24, 2.45) is 5.84 Å². The van der Waals surface area contributed by atoms with Gasteiger partial charge >= 0.3 is 0 Å². The fourth-order valence-corrected chi connectivity index (χ4v) is 1.71. The number of hydrogen-bond acceptors (Lipinski definition) is 2. The van der Waals surface area contributed by atoms with Crippen molar-refractivity contribution in [3.8, 4) is 0 Å². The van der Waals surface area contributed by atoms with Gasteiger partial charge in [0.1, 0.15) is 0 Å². The number of benzene rings is 1. The predicted octanol–water partition coefficient (Wildman–Crippen LogP) is 2.43. The van der Waals surface area contributed by atoms with Crippen molar-refractivity contribution < 1.29 is 0 Å². The number of aryl methyl sites for hydroxylation is 1. The van der Waals surface area contributed by atoms with Crippen LogP contribution in [0.2, 0.25) is 0 Å². The highest BCUT2D eigenvalue weighted by Gasteiger charge is 2.03. The minimum Gasteiger partial charge on any atom is -0.324 e. The Morgan fingerprint density at radius 2 is 2.08 bits per heavy atom. The second kappa shape index (κ2) is 4.48. The number of para-hydroxylation sites is 1. The first-order valence-electron chi connectivity index (χ1n) is 3.96. The normalized spacial score (nSPS) is 9.92. The molecular weight excluding hydrogens is 216 g/mol. The molecule has 1 aromatic carbocycles. The molecule has 0 aromatic heterocycles. The summed E-state index contributed by atoms with van der Waals surface area (Å²) >= 11 is 3.42. The number of nitrogens with one attached hydrogen (secondary N) is 1. The number of rotatable bonds is 3. The zero-order valence-corrected chi connectivity index (χ0v) is 8.69. The molecule has 0 atom stereocenters. The quantitative estimate of drug-likeness (QED) is 0.474. The van der Waals surface area contributed by atoms with E-state index < -0.39 is 0 Å². The number of halogens is 1. The van der Waals surface area contributed by atoms with Crippen LogP contribution in [0.4, 0.5) is 5.69 Å². The van der Waals surface area contributed by atoms with E-state index in [1.807, 2.05) is 0 Å². The third kappa shape index (κ3) is 1.79. The van der Waals surface area contributed by atoms with E-state index in [1.165, 1.54) is 11.1 Å². The maximum Gasteiger partial charge on any atom is 0.0557 e. The molecule has 1 rings (SSSR count). The van der Waals surface area contributed by atoms with E-state index in [1.54, 1.807) is 0 Å². The van der Waals surface area contributed by atoms with Gasteiger partial charge in [-0.2, -0.15) is 0 Å². The van der Waals surface area contributed by atoms with Gasteiger partial charge in [0.2, 0.25) is 0 Å². The molecule has 0 unspecified atom stereocenters. The van der Waals surface area contributed by atoms with Crippen molar-refractivity contribution in [1.29, 1.82) is 0 Å². The minimum absolute atomic E-state index is 0.834. The third-order valence-corrected chi connectivity index (χ3v) is 2.51. The third-order valence-electron chi connectivity index (χ3n) is 1.91. The number of nitrogen functional groups attached to an aromatic ring is 1. The molecule has 66 valence electrons. The van der Waals surface area contributed by atoms with E-state index in [2.05, 4.69) is 46.5 Å². The van der Waals surface area contributed by atoms with Crippen LogP contribution in [-0.2, 0) is 11.8 Å². The monoisotopic (exact) mass is 228 g/mol. The van der Waals surface area contributed by atoms with Gasteiger partial charge in [-0.15, -0.1) is 0 Å². The summed E-state index contributed by atoms with van der Waals surface area (Å²) in [5.41, 5.74) is 6.25. The molecule has 0 saturated carbocycles. The highest BCUT2D eigenvalue weighted by Crippen LogP contribution is 2.22. The molecule has 2 nitrogen and oxygen atoms in total. The Balaban J connectivity index is 3.13. The topological polar surface area (TPSA) is 38.0 Å². The molecule has 0 spiro atoms. The van der Waals surface area contributed by atoms with Crippen LogP contribution in [0.5, 0.6) is 0 Å². The van der Waals surface area contributed by atoms with E-state index in [4.69, 9.17) is 5.84 Å². The van der Waals surface area contributed by atoms with Crippen molar-refractivity contribution in [2.75, 3.05) is 5.43 Å². The first-order chi connectivity index (χ1) is 5.83. The molecule has 0 aliphatic carbocycles. The summed E-state index contributed by atoms with van der Waals surface area (Å²) in [7, 11) is 0. The maximum atomic E-state index is 5.43. The Morgan fingerprint density at radius 3 is 2.58 bits per heavy atom. The average Bonchev–Trinajstić information content (AvgIpc) is 2.16. The van der Waals surface area contributed by atoms with Crippen LogP contribution in [0.3, 0.4) is 0 Å². The number of hydrogen-bond donors (Lipinski definition) is 2. The number of anilines is 1. The molecular formula is C9H13BrN2. The average molecular weight is 229 g/mol. The molecule has 0 aliphatic heterocycles. The summed E-state index contributed by atoms with van der Waals surface area (Å²) in [6.07, 6.45) is 1.00. The fourth-order valence-electron chi connectivity index (χ4n) is 1.24. The highest BCUT2D eigenvalue weighted by atomic mass is 79.9. The smallest absolute Gasteiger partial charge is 0.0557 e. The van der Waals surface area contributed by atoms with Crippen LogP contribution in [-0.4, -0.2) is 0 Å². The van der Waals surface area contributed by atoms with E-state index in [0.29, 0.717) is 0 Å². The fraction of sp³-hybridized carbons (Fsp3) is 0.333. The standard InChI is InChI=1S/C9H13BrN2/c1-2-7-4-3-5-8(6-10)9(7)12-11/h3-5,12H,2,6,11H2,1H3. The zero-order chi connectivity index (χ0) is 8.97. The summed E-state index contributed by atoms with van der Waals surface area (Å²) in [6.45, 7) is 2.12. The molecule has 1 aromatic rings. The van der Waals surface area contributed by atoms with Crippen molar-refractivity contribution in [3.63, 3.8) is 0 Å². The predicted molar refractivity (Wildman–Crippen MR) is 56.3 cm³/mol. The summed E-state index contributed by atoms with van der Waals surface area (Å²) in [5.74, 6) is 5.43. The molecule has 12 heavy (non-hydrogen) atoms. The Labute approximate surface area is 81.3 Å². The SMILES string of the molecule is CCc1cccc(CBr)c1NN. The van der Waals surface area contributed by atoms with E-state index in [-0.39, 0.29) is 0 Å². The van der Waals surface area contributed by atoms with Crippen LogP contribution in [0, 0.1) is 0 Å². The van der Waals surface area contributed by atoms with Gasteiger partial charge in [0.05, 0.1) is 5.69 Å². The largest absolute Gasteiger partial charge is 0.324 e. The Hall–Kier alpha value is -0.540. The van der Waals surface area contributed by atoms with Gasteiger partial charge in [0, 0.05) is 5.33 Å². The lowest BCUT2D eigenvalue weighted by atomic mass is 10.1. The lowest BCUT2D eigenvalue weighted by Crippen LogP contribution is -2.11. The Morgan fingerprint density at radius 1 is 1.42 bits per heavy atom. The molecule has 3 N–H and O–H groups in total. The first-order valence-corrected chi connectivity index (χ1v) is 5.09. The van der Waals surface area contributed by atoms with Gasteiger partial charge in [-0.25, -0.2) is 0 Å². The summed E-state index contributed by atoms with van der Waals surface area (Å²) < 4.78 is 0. The maximum absolute atomic E-state index is 5.43. The van der Waals surface area contributed by atoms with Gasteiger partial charge in [-0.3, -0.25) is 5.84 Å². The van der Waals surface area contributed by atoms with E-state index in [9.17, 15) is 0 Å². The molecule has 0 aliphatic rings. The van der Waals surface area contributed by atoms with Crippen molar-refractivity contribution >= 4 is 21.6 Å². The van der Waals surface area contributed by atoms with Crippen LogP contribution in [0.15, 0.2) is 18.2 Å². The molecule has 0 heterocycles. The number of nitrogens with two attached hydrogens (primary N) is 1. The van der Waals surface area contributed by atoms with Crippen LogP contribution >= 0.6 is 15.9 Å². The summed E-state index contributed by atoms with van der Waals surface area (Å²) in [5, 5.41) is 0.834. The molecule has 3 heteroatoms. The molecule has 0 fully saturated rings. The summed E-state index contributed by atoms with van der Waals surface area (Å²) in [6, 6.07) is 6.20. The van der Waals surface area contributed by atoms with Crippen LogP contribution in [0.25, 0.3) is 0 Å². The number of hydrazine groups is 1. The number of alkyl halides is 1. The Bertz CT molecular complexity index is 238. The first kappa shape index (κ1) is 9.55. The van der Waals surface area contributed by atoms with Gasteiger partial charge in [-0.05, 0) is 17.5 Å². The van der Waals surface area contributed by atoms with Gasteiger partial charge in [0.15, 0.2) is 0 Å². The molecule has 0 saturated heterocycles. The highest BCUT2D eigenvalue weighted by molar-refractivity contribution is 9.08. The van der Waals surface area contributed by atoms with Gasteiger partial charge in [0.25, 0.3) is 0 Å². The van der Waals surface area contributed by atoms with Gasteiger partial charge in [-0.1, -0.05) is 41.1 Å². The lowest BCUT2D eigenvalue weighted by Gasteiger charge is -2.10. The molecule has 0 amide bonds. The van der Waals surface area contributed by atoms with Gasteiger partial charge < -0.3 is 5.43 Å².